The van der Waals surface area contributed by atoms with Crippen molar-refractivity contribution in [1.29, 1.82) is 0 Å². The lowest BCUT2D eigenvalue weighted by Gasteiger charge is -2.12. The van der Waals surface area contributed by atoms with Crippen LogP contribution in [0.2, 0.25) is 0 Å². The molecule has 3 aromatic rings. The van der Waals surface area contributed by atoms with Crippen molar-refractivity contribution >= 4 is 26.6 Å². The lowest BCUT2D eigenvalue weighted by Crippen LogP contribution is -2.17. The molecule has 0 aliphatic heterocycles. The fourth-order valence-electron chi connectivity index (χ4n) is 2.75. The molecule has 0 spiro atoms. The van der Waals surface area contributed by atoms with Gasteiger partial charge >= 0.3 is 15.8 Å². The van der Waals surface area contributed by atoms with Gasteiger partial charge in [-0.05, 0) is 23.5 Å². The van der Waals surface area contributed by atoms with E-state index in [9.17, 15) is 18.5 Å². The van der Waals surface area contributed by atoms with Crippen LogP contribution in [0.1, 0.15) is 19.2 Å². The number of fused-ring (bicyclic) bond motifs is 1. The van der Waals surface area contributed by atoms with Crippen molar-refractivity contribution in [3.05, 3.63) is 58.5 Å². The number of aromatic nitrogens is 2. The molecule has 26 heavy (non-hydrogen) atoms. The molecule has 0 aliphatic carbocycles. The van der Waals surface area contributed by atoms with Crippen molar-refractivity contribution in [2.45, 2.75) is 25.2 Å². The maximum Gasteiger partial charge on any atom is 0.358 e. The molecule has 9 heteroatoms. The highest BCUT2D eigenvalue weighted by atomic mass is 32.2. The molecule has 1 heterocycles. The topological polar surface area (TPSA) is 104 Å². The van der Waals surface area contributed by atoms with Crippen molar-refractivity contribution in [2.75, 3.05) is 6.61 Å². The molecule has 0 saturated heterocycles. The molecule has 0 bridgehead atoms. The zero-order valence-corrected chi connectivity index (χ0v) is 15.1. The molecule has 3 rings (SSSR count). The summed E-state index contributed by atoms with van der Waals surface area (Å²) in [6, 6.07) is 9.88. The minimum Gasteiger partial charge on any atom is -0.493 e. The van der Waals surface area contributed by atoms with Gasteiger partial charge in [0, 0.05) is 17.7 Å². The molecule has 0 atom stereocenters. The van der Waals surface area contributed by atoms with Crippen LogP contribution in [0.15, 0.2) is 47.5 Å². The van der Waals surface area contributed by atoms with Crippen LogP contribution in [-0.4, -0.2) is 28.9 Å². The predicted molar refractivity (Wildman–Crippen MR) is 95.9 cm³/mol. The van der Waals surface area contributed by atoms with Crippen molar-refractivity contribution in [3.8, 4) is 5.75 Å². The van der Waals surface area contributed by atoms with Crippen molar-refractivity contribution in [3.63, 3.8) is 0 Å². The van der Waals surface area contributed by atoms with Crippen LogP contribution in [0.3, 0.4) is 0 Å². The maximum atomic E-state index is 13.2. The summed E-state index contributed by atoms with van der Waals surface area (Å²) in [4.78, 5) is 14.2. The van der Waals surface area contributed by atoms with Crippen LogP contribution >= 0.6 is 0 Å². The van der Waals surface area contributed by atoms with E-state index in [2.05, 4.69) is 4.98 Å². The Morgan fingerprint density at radius 2 is 1.88 bits per heavy atom. The van der Waals surface area contributed by atoms with E-state index in [1.807, 2.05) is 6.92 Å². The average Bonchev–Trinajstić information content (AvgIpc) is 3.02. The van der Waals surface area contributed by atoms with Crippen LogP contribution in [0, 0.1) is 17.0 Å². The Morgan fingerprint density at radius 3 is 2.54 bits per heavy atom. The van der Waals surface area contributed by atoms with E-state index >= 15 is 0 Å². The van der Waals surface area contributed by atoms with Gasteiger partial charge in [-0.3, -0.25) is 0 Å². The molecule has 0 aliphatic rings. The fraction of sp³-hybridized carbons (Fsp3) is 0.235. The average molecular weight is 375 g/mol. The number of hydrogen-bond donors (Lipinski definition) is 0. The fourth-order valence-corrected chi connectivity index (χ4v) is 4.39. The zero-order chi connectivity index (χ0) is 18.9. The van der Waals surface area contributed by atoms with Crippen molar-refractivity contribution in [1.82, 2.24) is 8.96 Å². The number of nitrogens with zero attached hydrogens (tertiary/aromatic N) is 3. The van der Waals surface area contributed by atoms with Crippen LogP contribution < -0.4 is 4.74 Å². The third-order valence-electron chi connectivity index (χ3n) is 3.88. The summed E-state index contributed by atoms with van der Waals surface area (Å²) in [5.41, 5.74) is 0. The maximum absolute atomic E-state index is 13.2. The zero-order valence-electron chi connectivity index (χ0n) is 14.2. The number of rotatable bonds is 6. The number of hydrogen-bond acceptors (Lipinski definition) is 6. The largest absolute Gasteiger partial charge is 0.493 e. The van der Waals surface area contributed by atoms with Gasteiger partial charge in [0.15, 0.2) is 0 Å². The van der Waals surface area contributed by atoms with Gasteiger partial charge in [0.1, 0.15) is 16.8 Å². The second kappa shape index (κ2) is 6.75. The molecule has 0 unspecified atom stereocenters. The lowest BCUT2D eigenvalue weighted by atomic mass is 10.1. The van der Waals surface area contributed by atoms with Crippen molar-refractivity contribution in [2.24, 2.45) is 0 Å². The molecular weight excluding hydrogens is 358 g/mol. The summed E-state index contributed by atoms with van der Waals surface area (Å²) in [7, 11) is -4.21. The molecule has 136 valence electrons. The number of nitro groups is 1. The monoisotopic (exact) mass is 375 g/mol. The second-order valence-electron chi connectivity index (χ2n) is 5.65. The van der Waals surface area contributed by atoms with Crippen molar-refractivity contribution < 1.29 is 18.1 Å². The number of ether oxygens (including phenoxy) is 1. The van der Waals surface area contributed by atoms with E-state index in [1.54, 1.807) is 30.3 Å². The Bertz CT molecular complexity index is 1090. The van der Waals surface area contributed by atoms with Gasteiger partial charge in [-0.2, -0.15) is 8.42 Å². The summed E-state index contributed by atoms with van der Waals surface area (Å²) in [6.45, 7) is 3.88. The highest BCUT2D eigenvalue weighted by Gasteiger charge is 2.33. The highest BCUT2D eigenvalue weighted by Crippen LogP contribution is 2.33. The van der Waals surface area contributed by atoms with Gasteiger partial charge in [0.05, 0.1) is 6.61 Å². The van der Waals surface area contributed by atoms with Gasteiger partial charge < -0.3 is 14.9 Å². The minimum absolute atomic E-state index is 0.0205. The molecule has 0 fully saturated rings. The van der Waals surface area contributed by atoms with Crippen LogP contribution in [0.4, 0.5) is 5.82 Å². The number of aryl methyl sites for hydroxylation is 1. The van der Waals surface area contributed by atoms with E-state index in [1.165, 1.54) is 13.0 Å². The van der Waals surface area contributed by atoms with E-state index in [0.717, 1.165) is 12.6 Å². The third-order valence-corrected chi connectivity index (χ3v) is 5.72. The molecule has 0 amide bonds. The molecule has 0 saturated carbocycles. The first-order valence-corrected chi connectivity index (χ1v) is 9.40. The number of benzene rings is 2. The van der Waals surface area contributed by atoms with E-state index in [0.29, 0.717) is 27.1 Å². The standard InChI is InChI=1S/C17H17N3O5S/c1-3-10-25-15-8-9-16(14-7-5-4-6-13(14)15)26(23,24)19-12(2)18-11-17(19)20(21)22/h4-9,11H,3,10H2,1-2H3. The van der Waals surface area contributed by atoms with Gasteiger partial charge in [0.2, 0.25) is 5.82 Å². The molecule has 8 nitrogen and oxygen atoms in total. The summed E-state index contributed by atoms with van der Waals surface area (Å²) in [6.07, 6.45) is 1.75. The van der Waals surface area contributed by atoms with Crippen LogP contribution in [-0.2, 0) is 10.0 Å². The first kappa shape index (κ1) is 17.9. The SMILES string of the molecule is CCCOc1ccc(S(=O)(=O)n2c([N+](=O)[O-])cnc2C)c2ccccc12. The Morgan fingerprint density at radius 1 is 1.19 bits per heavy atom. The Kier molecular flexibility index (Phi) is 4.64. The summed E-state index contributed by atoms with van der Waals surface area (Å²) >= 11 is 0. The third kappa shape index (κ3) is 2.90. The van der Waals surface area contributed by atoms with Gasteiger partial charge in [0.25, 0.3) is 0 Å². The van der Waals surface area contributed by atoms with E-state index in [-0.39, 0.29) is 10.7 Å². The first-order chi connectivity index (χ1) is 12.4. The molecule has 0 N–H and O–H groups in total. The molecule has 1 aromatic heterocycles. The highest BCUT2D eigenvalue weighted by molar-refractivity contribution is 7.90. The van der Waals surface area contributed by atoms with Gasteiger partial charge in [-0.1, -0.05) is 35.2 Å². The predicted octanol–water partition coefficient (Wildman–Crippen LogP) is 3.28. The van der Waals surface area contributed by atoms with Crippen LogP contribution in [0.5, 0.6) is 5.75 Å². The van der Waals surface area contributed by atoms with Gasteiger partial charge in [-0.15, -0.1) is 0 Å². The summed E-state index contributed by atoms with van der Waals surface area (Å²) in [5.74, 6) is -0.0109. The molecular formula is C17H17N3O5S. The molecule has 2 aromatic carbocycles. The molecule has 0 radical (unpaired) electrons. The Hall–Kier alpha value is -2.94. The van der Waals surface area contributed by atoms with E-state index < -0.39 is 20.8 Å². The summed E-state index contributed by atoms with van der Waals surface area (Å²) in [5, 5.41) is 12.3. The Labute approximate surface area is 150 Å². The smallest absolute Gasteiger partial charge is 0.358 e. The quantitative estimate of drug-likeness (QED) is 0.484. The lowest BCUT2D eigenvalue weighted by molar-refractivity contribution is -0.390. The normalized spacial score (nSPS) is 11.6. The first-order valence-electron chi connectivity index (χ1n) is 7.96. The minimum atomic E-state index is -4.21. The van der Waals surface area contributed by atoms with E-state index in [4.69, 9.17) is 4.74 Å². The Balaban J connectivity index is 2.26. The van der Waals surface area contributed by atoms with Gasteiger partial charge in [-0.25, -0.2) is 4.98 Å². The number of imidazole rings is 1. The van der Waals surface area contributed by atoms with Crippen LogP contribution in [0.25, 0.3) is 10.8 Å². The second-order valence-corrected chi connectivity index (χ2v) is 7.40. The summed E-state index contributed by atoms with van der Waals surface area (Å²) < 4.78 is 32.7.